The van der Waals surface area contributed by atoms with Gasteiger partial charge >= 0.3 is 0 Å². The number of ether oxygens (including phenoxy) is 2. The van der Waals surface area contributed by atoms with Crippen LogP contribution in [0.4, 0.5) is 5.69 Å². The lowest BCUT2D eigenvalue weighted by molar-refractivity contribution is -0.118. The van der Waals surface area contributed by atoms with E-state index < -0.39 is 0 Å². The molecule has 0 aromatic heterocycles. The molecule has 5 heteroatoms. The zero-order chi connectivity index (χ0) is 15.1. The van der Waals surface area contributed by atoms with Gasteiger partial charge in [0.1, 0.15) is 12.4 Å². The Hall–Kier alpha value is -2.03. The molecule has 0 radical (unpaired) electrons. The van der Waals surface area contributed by atoms with Crippen molar-refractivity contribution in [1.82, 2.24) is 0 Å². The van der Waals surface area contributed by atoms with Crippen molar-refractivity contribution in [2.24, 2.45) is 0 Å². The molecule has 1 aromatic carbocycles. The zero-order valence-corrected chi connectivity index (χ0v) is 12.0. The maximum atomic E-state index is 12.0. The Kier molecular flexibility index (Phi) is 5.61. The minimum absolute atomic E-state index is 0.00774. The second-order valence-electron chi connectivity index (χ2n) is 4.76. The van der Waals surface area contributed by atoms with Gasteiger partial charge in [0.2, 0.25) is 5.91 Å². The summed E-state index contributed by atoms with van der Waals surface area (Å²) in [5, 5.41) is 11.6. The highest BCUT2D eigenvalue weighted by molar-refractivity contribution is 5.92. The Balaban J connectivity index is 2.07. The Morgan fingerprint density at radius 1 is 1.57 bits per heavy atom. The molecule has 1 saturated heterocycles. The number of carbonyl (C=O) groups excluding carboxylic acids is 1. The normalized spacial score (nSPS) is 17.0. The molecule has 1 aliphatic rings. The summed E-state index contributed by atoms with van der Waals surface area (Å²) in [5.41, 5.74) is 1.28. The van der Waals surface area contributed by atoms with Gasteiger partial charge in [-0.15, -0.1) is 0 Å². The van der Waals surface area contributed by atoms with E-state index in [4.69, 9.17) is 14.6 Å². The van der Waals surface area contributed by atoms with Crippen molar-refractivity contribution < 1.29 is 19.4 Å². The molecule has 1 atom stereocenters. The topological polar surface area (TPSA) is 67.8 Å². The standard InChI is InChI=1S/C16H19NO4/c1-20-15-7-6-12(4-2-8-18)10-14(15)17-16(19)11-13-5-3-9-21-13/h6-7,10,13,18H,3,5,8-9,11H2,1H3,(H,17,19). The maximum absolute atomic E-state index is 12.0. The zero-order valence-electron chi connectivity index (χ0n) is 12.0. The van der Waals surface area contributed by atoms with Gasteiger partial charge in [0.25, 0.3) is 0 Å². The van der Waals surface area contributed by atoms with Gasteiger partial charge in [0, 0.05) is 12.2 Å². The fourth-order valence-electron chi connectivity index (χ4n) is 2.24. The Morgan fingerprint density at radius 3 is 3.10 bits per heavy atom. The third kappa shape index (κ3) is 4.48. The molecule has 0 aliphatic carbocycles. The Labute approximate surface area is 124 Å². The fraction of sp³-hybridized carbons (Fsp3) is 0.438. The van der Waals surface area contributed by atoms with E-state index >= 15 is 0 Å². The molecule has 1 aromatic rings. The molecule has 0 bridgehead atoms. The number of carbonyl (C=O) groups is 1. The molecule has 0 spiro atoms. The van der Waals surface area contributed by atoms with E-state index in [0.29, 0.717) is 23.4 Å². The molecule has 5 nitrogen and oxygen atoms in total. The van der Waals surface area contributed by atoms with E-state index in [1.54, 1.807) is 25.3 Å². The number of aliphatic hydroxyl groups excluding tert-OH is 1. The van der Waals surface area contributed by atoms with Crippen molar-refractivity contribution in [3.8, 4) is 17.6 Å². The van der Waals surface area contributed by atoms with Crippen molar-refractivity contribution in [1.29, 1.82) is 0 Å². The second kappa shape index (κ2) is 7.67. The van der Waals surface area contributed by atoms with Crippen molar-refractivity contribution >= 4 is 11.6 Å². The first kappa shape index (κ1) is 15.4. The lowest BCUT2D eigenvalue weighted by atomic mass is 10.1. The lowest BCUT2D eigenvalue weighted by Gasteiger charge is -2.12. The minimum atomic E-state index is -0.202. The molecular weight excluding hydrogens is 270 g/mol. The summed E-state index contributed by atoms with van der Waals surface area (Å²) in [7, 11) is 1.55. The number of methoxy groups -OCH3 is 1. The highest BCUT2D eigenvalue weighted by Crippen LogP contribution is 2.26. The Bertz CT molecular complexity index is 553. The summed E-state index contributed by atoms with van der Waals surface area (Å²) in [6.45, 7) is 0.528. The lowest BCUT2D eigenvalue weighted by Crippen LogP contribution is -2.19. The van der Waals surface area contributed by atoms with Gasteiger partial charge in [-0.05, 0) is 31.0 Å². The van der Waals surface area contributed by atoms with Gasteiger partial charge in [-0.3, -0.25) is 4.79 Å². The van der Waals surface area contributed by atoms with Gasteiger partial charge in [-0.1, -0.05) is 11.8 Å². The quantitative estimate of drug-likeness (QED) is 0.825. The highest BCUT2D eigenvalue weighted by atomic mass is 16.5. The summed E-state index contributed by atoms with van der Waals surface area (Å²) in [6, 6.07) is 5.25. The van der Waals surface area contributed by atoms with E-state index in [0.717, 1.165) is 19.4 Å². The molecule has 2 rings (SSSR count). The molecular formula is C16H19NO4. The number of nitrogens with one attached hydrogen (secondary N) is 1. The number of amides is 1. The molecule has 21 heavy (non-hydrogen) atoms. The van der Waals surface area contributed by atoms with E-state index in [1.807, 2.05) is 0 Å². The third-order valence-corrected chi connectivity index (χ3v) is 3.22. The van der Waals surface area contributed by atoms with Crippen LogP contribution >= 0.6 is 0 Å². The van der Waals surface area contributed by atoms with Gasteiger partial charge in [0.05, 0.1) is 25.3 Å². The summed E-state index contributed by atoms with van der Waals surface area (Å²) < 4.78 is 10.7. The van der Waals surface area contributed by atoms with Crippen molar-refractivity contribution in [3.63, 3.8) is 0 Å². The van der Waals surface area contributed by atoms with Crippen LogP contribution in [-0.4, -0.2) is 37.4 Å². The smallest absolute Gasteiger partial charge is 0.227 e. The number of rotatable bonds is 4. The number of benzene rings is 1. The molecule has 2 N–H and O–H groups in total. The molecule has 1 fully saturated rings. The van der Waals surface area contributed by atoms with Crippen LogP contribution in [0, 0.1) is 11.8 Å². The number of hydrogen-bond acceptors (Lipinski definition) is 4. The second-order valence-corrected chi connectivity index (χ2v) is 4.76. The average Bonchev–Trinajstić information content (AvgIpc) is 2.98. The van der Waals surface area contributed by atoms with Crippen LogP contribution in [0.1, 0.15) is 24.8 Å². The first-order valence-corrected chi connectivity index (χ1v) is 6.92. The third-order valence-electron chi connectivity index (χ3n) is 3.22. The van der Waals surface area contributed by atoms with Crippen molar-refractivity contribution in [2.75, 3.05) is 25.6 Å². The summed E-state index contributed by atoms with van der Waals surface area (Å²) in [5.74, 6) is 5.84. The summed E-state index contributed by atoms with van der Waals surface area (Å²) >= 11 is 0. The van der Waals surface area contributed by atoms with Crippen molar-refractivity contribution in [3.05, 3.63) is 23.8 Å². The minimum Gasteiger partial charge on any atom is -0.495 e. The first-order chi connectivity index (χ1) is 10.2. The summed E-state index contributed by atoms with van der Waals surface area (Å²) in [6.07, 6.45) is 2.28. The van der Waals surface area contributed by atoms with Crippen LogP contribution in [0.2, 0.25) is 0 Å². The van der Waals surface area contributed by atoms with Crippen LogP contribution in [0.3, 0.4) is 0 Å². The molecule has 1 heterocycles. The van der Waals surface area contributed by atoms with Crippen LogP contribution in [0.5, 0.6) is 5.75 Å². The van der Waals surface area contributed by atoms with Crippen LogP contribution < -0.4 is 10.1 Å². The van der Waals surface area contributed by atoms with Gasteiger partial charge < -0.3 is 19.9 Å². The van der Waals surface area contributed by atoms with Crippen molar-refractivity contribution in [2.45, 2.75) is 25.4 Å². The fourth-order valence-corrected chi connectivity index (χ4v) is 2.24. The number of hydrogen-bond donors (Lipinski definition) is 2. The summed E-state index contributed by atoms with van der Waals surface area (Å²) in [4.78, 5) is 12.0. The molecule has 1 aliphatic heterocycles. The highest BCUT2D eigenvalue weighted by Gasteiger charge is 2.19. The van der Waals surface area contributed by atoms with E-state index in [1.165, 1.54) is 0 Å². The van der Waals surface area contributed by atoms with Gasteiger partial charge in [0.15, 0.2) is 0 Å². The number of aliphatic hydroxyl groups is 1. The largest absolute Gasteiger partial charge is 0.495 e. The van der Waals surface area contributed by atoms with Gasteiger partial charge in [-0.25, -0.2) is 0 Å². The van der Waals surface area contributed by atoms with E-state index in [2.05, 4.69) is 17.2 Å². The maximum Gasteiger partial charge on any atom is 0.227 e. The molecule has 1 amide bonds. The van der Waals surface area contributed by atoms with E-state index in [9.17, 15) is 4.79 Å². The number of anilines is 1. The van der Waals surface area contributed by atoms with E-state index in [-0.39, 0.29) is 18.6 Å². The average molecular weight is 289 g/mol. The van der Waals surface area contributed by atoms with Gasteiger partial charge in [-0.2, -0.15) is 0 Å². The predicted molar refractivity (Wildman–Crippen MR) is 79.2 cm³/mol. The SMILES string of the molecule is COc1ccc(C#CCO)cc1NC(=O)CC1CCCO1. The van der Waals surface area contributed by atoms with Crippen LogP contribution in [0.25, 0.3) is 0 Å². The predicted octanol–water partition coefficient (Wildman–Crippen LogP) is 1.55. The first-order valence-electron chi connectivity index (χ1n) is 6.92. The molecule has 1 unspecified atom stereocenters. The molecule has 0 saturated carbocycles. The van der Waals surface area contributed by atoms with Crippen LogP contribution in [-0.2, 0) is 9.53 Å². The molecule has 112 valence electrons. The Morgan fingerprint density at radius 2 is 2.43 bits per heavy atom. The monoisotopic (exact) mass is 289 g/mol. The van der Waals surface area contributed by atoms with Crippen LogP contribution in [0.15, 0.2) is 18.2 Å².